The number of aromatic nitrogens is 2. The van der Waals surface area contributed by atoms with Crippen molar-refractivity contribution in [2.75, 3.05) is 6.54 Å². The van der Waals surface area contributed by atoms with Crippen LogP contribution in [0.15, 0.2) is 0 Å². The molecule has 1 fully saturated rings. The van der Waals surface area contributed by atoms with Gasteiger partial charge < -0.3 is 10.4 Å². The van der Waals surface area contributed by atoms with Gasteiger partial charge in [0.05, 0.1) is 17.8 Å². The predicted octanol–water partition coefficient (Wildman–Crippen LogP) is 0.422. The van der Waals surface area contributed by atoms with E-state index in [9.17, 15) is 5.11 Å². The molecule has 2 atom stereocenters. The third-order valence-electron chi connectivity index (χ3n) is 2.77. The highest BCUT2D eigenvalue weighted by atomic mass is 16.3. The quantitative estimate of drug-likeness (QED) is 0.588. The number of aliphatic hydroxyl groups excluding tert-OH is 1. The molecule has 4 heteroatoms. The van der Waals surface area contributed by atoms with Crippen LogP contribution in [0.4, 0.5) is 0 Å². The van der Waals surface area contributed by atoms with Gasteiger partial charge in [-0.2, -0.15) is 5.10 Å². The average Bonchev–Trinajstić information content (AvgIpc) is 2.62. The van der Waals surface area contributed by atoms with Gasteiger partial charge in [-0.15, -0.1) is 0 Å². The minimum absolute atomic E-state index is 0.0185. The topological polar surface area (TPSA) is 60.9 Å². The predicted molar refractivity (Wildman–Crippen MR) is 49.4 cm³/mol. The third-order valence-corrected chi connectivity index (χ3v) is 2.77. The summed E-state index contributed by atoms with van der Waals surface area (Å²) in [4.78, 5) is 0. The molecule has 0 spiro atoms. The Labute approximate surface area is 77.4 Å². The largest absolute Gasteiger partial charge is 0.391 e. The summed E-state index contributed by atoms with van der Waals surface area (Å²) in [6.07, 6.45) is 0.525. The normalized spacial score (nSPS) is 28.2. The van der Waals surface area contributed by atoms with E-state index in [0.29, 0.717) is 0 Å². The Morgan fingerprint density at radius 1 is 1.46 bits per heavy atom. The fourth-order valence-electron chi connectivity index (χ4n) is 1.78. The number of aryl methyl sites for hydroxylation is 1. The van der Waals surface area contributed by atoms with Crippen LogP contribution in [-0.4, -0.2) is 28.0 Å². The van der Waals surface area contributed by atoms with Gasteiger partial charge in [-0.05, 0) is 32.4 Å². The van der Waals surface area contributed by atoms with Crippen LogP contribution in [0.3, 0.4) is 0 Å². The lowest BCUT2D eigenvalue weighted by Gasteiger charge is -2.12. The number of hydrogen-bond acceptors (Lipinski definition) is 3. The van der Waals surface area contributed by atoms with E-state index in [4.69, 9.17) is 0 Å². The zero-order valence-electron chi connectivity index (χ0n) is 7.96. The fraction of sp³-hybridized carbons (Fsp3) is 0.667. The van der Waals surface area contributed by atoms with Gasteiger partial charge in [-0.25, -0.2) is 0 Å². The van der Waals surface area contributed by atoms with Crippen LogP contribution in [0.1, 0.15) is 29.4 Å². The molecule has 4 nitrogen and oxygen atoms in total. The van der Waals surface area contributed by atoms with Crippen LogP contribution < -0.4 is 5.32 Å². The fourth-order valence-corrected chi connectivity index (χ4v) is 1.78. The molecule has 1 aliphatic heterocycles. The molecular weight excluding hydrogens is 166 g/mol. The highest BCUT2D eigenvalue weighted by Crippen LogP contribution is 2.25. The summed E-state index contributed by atoms with van der Waals surface area (Å²) in [5.74, 6) is 0. The molecule has 0 aliphatic carbocycles. The molecule has 13 heavy (non-hydrogen) atoms. The number of H-pyrrole nitrogens is 1. The van der Waals surface area contributed by atoms with Gasteiger partial charge in [0.25, 0.3) is 0 Å². The zero-order chi connectivity index (χ0) is 9.42. The number of aromatic amines is 1. The highest BCUT2D eigenvalue weighted by Gasteiger charge is 2.29. The lowest BCUT2D eigenvalue weighted by molar-refractivity contribution is 0.158. The Hall–Kier alpha value is -0.870. The maximum atomic E-state index is 9.66. The maximum Gasteiger partial charge on any atom is 0.0849 e. The van der Waals surface area contributed by atoms with E-state index in [-0.39, 0.29) is 12.1 Å². The summed E-state index contributed by atoms with van der Waals surface area (Å²) in [5, 5.41) is 20.0. The highest BCUT2D eigenvalue weighted by molar-refractivity contribution is 5.26. The molecule has 2 rings (SSSR count). The summed E-state index contributed by atoms with van der Waals surface area (Å²) in [6.45, 7) is 4.89. The summed E-state index contributed by atoms with van der Waals surface area (Å²) < 4.78 is 0. The van der Waals surface area contributed by atoms with E-state index in [1.54, 1.807) is 0 Å². The second-order valence-corrected chi connectivity index (χ2v) is 3.65. The number of nitrogens with one attached hydrogen (secondary N) is 2. The average molecular weight is 181 g/mol. The Morgan fingerprint density at radius 3 is 2.69 bits per heavy atom. The number of nitrogens with zero attached hydrogens (tertiary/aromatic N) is 1. The van der Waals surface area contributed by atoms with E-state index in [2.05, 4.69) is 15.5 Å². The third kappa shape index (κ3) is 1.36. The van der Waals surface area contributed by atoms with Crippen molar-refractivity contribution in [1.29, 1.82) is 0 Å². The summed E-state index contributed by atoms with van der Waals surface area (Å²) in [7, 11) is 0. The smallest absolute Gasteiger partial charge is 0.0849 e. The first kappa shape index (κ1) is 8.72. The van der Waals surface area contributed by atoms with E-state index < -0.39 is 0 Å². The summed E-state index contributed by atoms with van der Waals surface area (Å²) in [5.41, 5.74) is 3.19. The first-order valence-corrected chi connectivity index (χ1v) is 4.63. The van der Waals surface area contributed by atoms with Gasteiger partial charge in [0.2, 0.25) is 0 Å². The SMILES string of the molecule is Cc1[nH]nc(C2NCCC2O)c1C. The standard InChI is InChI=1S/C9H15N3O/c1-5-6(2)11-12-8(5)9-7(13)3-4-10-9/h7,9-10,13H,3-4H2,1-2H3,(H,11,12). The number of aliphatic hydroxyl groups is 1. The summed E-state index contributed by atoms with van der Waals surface area (Å²) >= 11 is 0. The number of rotatable bonds is 1. The van der Waals surface area contributed by atoms with E-state index in [1.807, 2.05) is 13.8 Å². The van der Waals surface area contributed by atoms with Gasteiger partial charge in [0.1, 0.15) is 0 Å². The molecule has 0 bridgehead atoms. The van der Waals surface area contributed by atoms with Crippen molar-refractivity contribution in [3.8, 4) is 0 Å². The molecule has 1 saturated heterocycles. The van der Waals surface area contributed by atoms with Crippen molar-refractivity contribution in [3.05, 3.63) is 17.0 Å². The molecule has 2 heterocycles. The first-order chi connectivity index (χ1) is 6.20. The van der Waals surface area contributed by atoms with Crippen molar-refractivity contribution in [2.45, 2.75) is 32.4 Å². The Balaban J connectivity index is 2.29. The second-order valence-electron chi connectivity index (χ2n) is 3.65. The molecule has 72 valence electrons. The molecule has 0 radical (unpaired) electrons. The first-order valence-electron chi connectivity index (χ1n) is 4.63. The monoisotopic (exact) mass is 181 g/mol. The van der Waals surface area contributed by atoms with Gasteiger partial charge in [0.15, 0.2) is 0 Å². The molecule has 1 aromatic rings. The van der Waals surface area contributed by atoms with Crippen molar-refractivity contribution < 1.29 is 5.11 Å². The molecule has 0 aromatic carbocycles. The molecule has 1 aliphatic rings. The van der Waals surface area contributed by atoms with Gasteiger partial charge in [0, 0.05) is 5.69 Å². The molecule has 0 amide bonds. The molecule has 3 N–H and O–H groups in total. The Bertz CT molecular complexity index is 308. The van der Waals surface area contributed by atoms with Gasteiger partial charge in [-0.3, -0.25) is 5.10 Å². The molecular formula is C9H15N3O. The van der Waals surface area contributed by atoms with Crippen LogP contribution in [-0.2, 0) is 0 Å². The maximum absolute atomic E-state index is 9.66. The van der Waals surface area contributed by atoms with Crippen LogP contribution in [0.2, 0.25) is 0 Å². The second kappa shape index (κ2) is 3.12. The minimum atomic E-state index is -0.290. The van der Waals surface area contributed by atoms with Gasteiger partial charge in [-0.1, -0.05) is 0 Å². The van der Waals surface area contributed by atoms with Crippen molar-refractivity contribution in [1.82, 2.24) is 15.5 Å². The molecule has 1 aromatic heterocycles. The van der Waals surface area contributed by atoms with E-state index in [0.717, 1.165) is 29.9 Å². The van der Waals surface area contributed by atoms with Crippen molar-refractivity contribution >= 4 is 0 Å². The lowest BCUT2D eigenvalue weighted by atomic mass is 10.1. The number of hydrogen-bond donors (Lipinski definition) is 3. The van der Waals surface area contributed by atoms with Crippen LogP contribution in [0, 0.1) is 13.8 Å². The Kier molecular flexibility index (Phi) is 2.09. The zero-order valence-corrected chi connectivity index (χ0v) is 7.96. The van der Waals surface area contributed by atoms with Crippen LogP contribution in [0.25, 0.3) is 0 Å². The van der Waals surface area contributed by atoms with Gasteiger partial charge >= 0.3 is 0 Å². The van der Waals surface area contributed by atoms with Crippen molar-refractivity contribution in [3.63, 3.8) is 0 Å². The van der Waals surface area contributed by atoms with E-state index in [1.165, 1.54) is 0 Å². The molecule has 0 saturated carbocycles. The summed E-state index contributed by atoms with van der Waals surface area (Å²) in [6, 6.07) is 0.0185. The Morgan fingerprint density at radius 2 is 2.23 bits per heavy atom. The van der Waals surface area contributed by atoms with Crippen molar-refractivity contribution in [2.24, 2.45) is 0 Å². The minimum Gasteiger partial charge on any atom is -0.391 e. The van der Waals surface area contributed by atoms with Crippen LogP contribution in [0.5, 0.6) is 0 Å². The van der Waals surface area contributed by atoms with Crippen LogP contribution >= 0.6 is 0 Å². The molecule has 2 unspecified atom stereocenters. The van der Waals surface area contributed by atoms with E-state index >= 15 is 0 Å². The lowest BCUT2D eigenvalue weighted by Crippen LogP contribution is -2.22.